The molecule has 2 atom stereocenters. The highest BCUT2D eigenvalue weighted by Gasteiger charge is 2.31. The molecule has 0 bridgehead atoms. The first-order valence-electron chi connectivity index (χ1n) is 13.3. The van der Waals surface area contributed by atoms with E-state index < -0.39 is 5.82 Å². The number of nitrogens with one attached hydrogen (secondary N) is 1. The zero-order valence-corrected chi connectivity index (χ0v) is 21.0. The fourth-order valence-corrected chi connectivity index (χ4v) is 5.74. The standard InChI is InChI=1S/C29H33FN4O3/c30-24-16-20(17-26-28(24)37-14-13-36-26)15-23(19-33-10-3-4-11-33)31-29(35)22-9-12-34(18-22)27-8-7-21-5-1-2-6-25(21)32-27/h1-2,5-8,16-17,22-23H,3-4,9-15,18-19H2,(H,31,35). The zero-order chi connectivity index (χ0) is 25.2. The third-order valence-corrected chi connectivity index (χ3v) is 7.63. The summed E-state index contributed by atoms with van der Waals surface area (Å²) >= 11 is 0. The lowest BCUT2D eigenvalue weighted by Gasteiger charge is -2.27. The van der Waals surface area contributed by atoms with E-state index in [0.717, 1.165) is 54.9 Å². The number of para-hydroxylation sites is 1. The number of rotatable bonds is 7. The fourth-order valence-electron chi connectivity index (χ4n) is 5.74. The van der Waals surface area contributed by atoms with Crippen molar-refractivity contribution < 1.29 is 18.7 Å². The number of halogens is 1. The number of nitrogens with zero attached hydrogens (tertiary/aromatic N) is 3. The maximum absolute atomic E-state index is 14.7. The van der Waals surface area contributed by atoms with E-state index in [9.17, 15) is 9.18 Å². The monoisotopic (exact) mass is 504 g/mol. The van der Waals surface area contributed by atoms with Gasteiger partial charge in [-0.05, 0) is 74.7 Å². The molecule has 0 spiro atoms. The molecule has 0 radical (unpaired) electrons. The Labute approximate surface area is 216 Å². The maximum Gasteiger partial charge on any atom is 0.225 e. The topological polar surface area (TPSA) is 66.9 Å². The second-order valence-electron chi connectivity index (χ2n) is 10.3. The van der Waals surface area contributed by atoms with Crippen molar-refractivity contribution in [3.63, 3.8) is 0 Å². The van der Waals surface area contributed by atoms with Crippen molar-refractivity contribution in [2.24, 2.45) is 5.92 Å². The van der Waals surface area contributed by atoms with Crippen molar-refractivity contribution in [3.05, 3.63) is 59.9 Å². The number of benzene rings is 2. The second kappa shape index (κ2) is 10.5. The predicted molar refractivity (Wildman–Crippen MR) is 141 cm³/mol. The van der Waals surface area contributed by atoms with Crippen LogP contribution in [0.3, 0.4) is 0 Å². The summed E-state index contributed by atoms with van der Waals surface area (Å²) in [4.78, 5) is 22.8. The molecule has 6 rings (SSSR count). The van der Waals surface area contributed by atoms with Gasteiger partial charge in [0.15, 0.2) is 17.3 Å². The number of ether oxygens (including phenoxy) is 2. The van der Waals surface area contributed by atoms with E-state index in [1.54, 1.807) is 0 Å². The van der Waals surface area contributed by atoms with Crippen LogP contribution in [0, 0.1) is 11.7 Å². The molecule has 3 aliphatic heterocycles. The molecule has 2 unspecified atom stereocenters. The molecule has 3 aliphatic rings. The number of carbonyl (C=O) groups excluding carboxylic acids is 1. The van der Waals surface area contributed by atoms with E-state index in [2.05, 4.69) is 27.2 Å². The molecular formula is C29H33FN4O3. The summed E-state index contributed by atoms with van der Waals surface area (Å²) < 4.78 is 25.7. The molecule has 0 saturated carbocycles. The Morgan fingerprint density at radius 2 is 1.92 bits per heavy atom. The summed E-state index contributed by atoms with van der Waals surface area (Å²) in [5.74, 6) is 1.09. The van der Waals surface area contributed by atoms with Gasteiger partial charge in [-0.15, -0.1) is 0 Å². The van der Waals surface area contributed by atoms with Gasteiger partial charge in [0.1, 0.15) is 19.0 Å². The number of hydrogen-bond donors (Lipinski definition) is 1. The van der Waals surface area contributed by atoms with Crippen LogP contribution in [0.15, 0.2) is 48.5 Å². The van der Waals surface area contributed by atoms with Gasteiger partial charge in [0.2, 0.25) is 5.91 Å². The van der Waals surface area contributed by atoms with Crippen LogP contribution >= 0.6 is 0 Å². The molecule has 3 aromatic rings. The Morgan fingerprint density at radius 1 is 1.08 bits per heavy atom. The smallest absolute Gasteiger partial charge is 0.225 e. The van der Waals surface area contributed by atoms with Crippen molar-refractivity contribution in [2.45, 2.75) is 31.7 Å². The molecule has 1 aromatic heterocycles. The van der Waals surface area contributed by atoms with Gasteiger partial charge in [-0.1, -0.05) is 18.2 Å². The largest absolute Gasteiger partial charge is 0.486 e. The van der Waals surface area contributed by atoms with Crippen LogP contribution in [0.25, 0.3) is 10.9 Å². The van der Waals surface area contributed by atoms with E-state index in [-0.39, 0.29) is 23.6 Å². The molecule has 8 heteroatoms. The van der Waals surface area contributed by atoms with Gasteiger partial charge in [0.05, 0.1) is 11.4 Å². The Balaban J connectivity index is 1.14. The van der Waals surface area contributed by atoms with Gasteiger partial charge in [0, 0.05) is 31.1 Å². The molecular weight excluding hydrogens is 471 g/mol. The number of pyridine rings is 1. The lowest BCUT2D eigenvalue weighted by molar-refractivity contribution is -0.125. The predicted octanol–water partition coefficient (Wildman–Crippen LogP) is 3.79. The zero-order valence-electron chi connectivity index (χ0n) is 21.0. The SMILES string of the molecule is O=C(NC(Cc1cc(F)c2c(c1)OCCO2)CN1CCCC1)C1CCN(c2ccc3ccccc3n2)C1. The summed E-state index contributed by atoms with van der Waals surface area (Å²) in [6.45, 7) is 5.03. The Hall–Kier alpha value is -3.39. The number of hydrogen-bond acceptors (Lipinski definition) is 6. The molecule has 2 aromatic carbocycles. The van der Waals surface area contributed by atoms with Crippen LogP contribution in [0.5, 0.6) is 11.5 Å². The first kappa shape index (κ1) is 24.0. The van der Waals surface area contributed by atoms with Crippen molar-refractivity contribution in [1.29, 1.82) is 0 Å². The minimum absolute atomic E-state index is 0.0606. The first-order chi connectivity index (χ1) is 18.1. The molecule has 2 fully saturated rings. The summed E-state index contributed by atoms with van der Waals surface area (Å²) in [5, 5.41) is 4.42. The van der Waals surface area contributed by atoms with Crippen LogP contribution in [0.2, 0.25) is 0 Å². The summed E-state index contributed by atoms with van der Waals surface area (Å²) in [6.07, 6.45) is 3.68. The maximum atomic E-state index is 14.7. The Bertz CT molecular complexity index is 1280. The quantitative estimate of drug-likeness (QED) is 0.528. The first-order valence-corrected chi connectivity index (χ1v) is 13.3. The number of fused-ring (bicyclic) bond motifs is 2. The van der Waals surface area contributed by atoms with Gasteiger partial charge in [-0.25, -0.2) is 9.37 Å². The van der Waals surface area contributed by atoms with Crippen molar-refractivity contribution in [1.82, 2.24) is 15.2 Å². The van der Waals surface area contributed by atoms with Crippen molar-refractivity contribution >= 4 is 22.6 Å². The Kier molecular flexibility index (Phi) is 6.83. The van der Waals surface area contributed by atoms with E-state index in [1.165, 1.54) is 18.9 Å². The van der Waals surface area contributed by atoms with Crippen LogP contribution in [0.4, 0.5) is 10.2 Å². The second-order valence-corrected chi connectivity index (χ2v) is 10.3. The van der Waals surface area contributed by atoms with E-state index in [1.807, 2.05) is 30.3 Å². The fraction of sp³-hybridized carbons (Fsp3) is 0.448. The molecule has 0 aliphatic carbocycles. The molecule has 1 N–H and O–H groups in total. The third kappa shape index (κ3) is 5.34. The van der Waals surface area contributed by atoms with Gasteiger partial charge in [0.25, 0.3) is 0 Å². The van der Waals surface area contributed by atoms with Gasteiger partial charge < -0.3 is 24.6 Å². The molecule has 1 amide bonds. The highest BCUT2D eigenvalue weighted by Crippen LogP contribution is 2.34. The van der Waals surface area contributed by atoms with Crippen LogP contribution in [-0.4, -0.2) is 67.8 Å². The van der Waals surface area contributed by atoms with Gasteiger partial charge in [-0.3, -0.25) is 4.79 Å². The lowest BCUT2D eigenvalue weighted by Crippen LogP contribution is -2.47. The number of likely N-dealkylation sites (tertiary alicyclic amines) is 1. The van der Waals surface area contributed by atoms with Crippen LogP contribution in [-0.2, 0) is 11.2 Å². The Morgan fingerprint density at radius 3 is 2.81 bits per heavy atom. The van der Waals surface area contributed by atoms with Gasteiger partial charge in [-0.2, -0.15) is 0 Å². The minimum atomic E-state index is -0.409. The molecule has 4 heterocycles. The average Bonchev–Trinajstić information content (AvgIpc) is 3.61. The number of amides is 1. The average molecular weight is 505 g/mol. The number of anilines is 1. The summed E-state index contributed by atoms with van der Waals surface area (Å²) in [7, 11) is 0. The summed E-state index contributed by atoms with van der Waals surface area (Å²) in [6, 6.07) is 15.5. The van der Waals surface area contributed by atoms with Crippen molar-refractivity contribution in [2.75, 3.05) is 50.8 Å². The van der Waals surface area contributed by atoms with Crippen LogP contribution in [0.1, 0.15) is 24.8 Å². The number of carbonyl (C=O) groups is 1. The molecule has 7 nitrogen and oxygen atoms in total. The molecule has 194 valence electrons. The van der Waals surface area contributed by atoms with E-state index in [4.69, 9.17) is 14.5 Å². The highest BCUT2D eigenvalue weighted by molar-refractivity contribution is 5.82. The minimum Gasteiger partial charge on any atom is -0.486 e. The van der Waals surface area contributed by atoms with Crippen LogP contribution < -0.4 is 19.7 Å². The molecule has 37 heavy (non-hydrogen) atoms. The summed E-state index contributed by atoms with van der Waals surface area (Å²) in [5.41, 5.74) is 1.77. The third-order valence-electron chi connectivity index (χ3n) is 7.63. The number of aromatic nitrogens is 1. The van der Waals surface area contributed by atoms with E-state index >= 15 is 0 Å². The normalized spacial score (nSPS) is 20.4. The molecule has 2 saturated heterocycles. The van der Waals surface area contributed by atoms with Crippen molar-refractivity contribution in [3.8, 4) is 11.5 Å². The van der Waals surface area contributed by atoms with E-state index in [0.29, 0.717) is 31.9 Å². The van der Waals surface area contributed by atoms with Gasteiger partial charge >= 0.3 is 0 Å². The highest BCUT2D eigenvalue weighted by atomic mass is 19.1. The lowest BCUT2D eigenvalue weighted by atomic mass is 10.0.